The highest BCUT2D eigenvalue weighted by atomic mass is 19.4. The number of hydrogen-bond donors (Lipinski definition) is 0. The SMILES string of the molecule is O=C(OCCOc1ccccc1)c1cn(-c2cccc(C(F)(F)F)c2)c(=O)c2ccccc12. The second-order valence-corrected chi connectivity index (χ2v) is 7.11. The van der Waals surface area contributed by atoms with E-state index in [1.165, 1.54) is 24.4 Å². The van der Waals surface area contributed by atoms with E-state index in [-0.39, 0.29) is 29.9 Å². The van der Waals surface area contributed by atoms with Crippen LogP contribution in [0.25, 0.3) is 16.5 Å². The van der Waals surface area contributed by atoms with E-state index in [9.17, 15) is 22.8 Å². The molecule has 0 radical (unpaired) electrons. The standard InChI is InChI=1S/C25H18F3NO4/c26-25(27,28)17-7-6-8-18(15-17)29-16-22(20-11-4-5-12-21(20)23(29)30)24(31)33-14-13-32-19-9-2-1-3-10-19/h1-12,15-16H,13-14H2. The van der Waals surface area contributed by atoms with Gasteiger partial charge in [-0.15, -0.1) is 0 Å². The van der Waals surface area contributed by atoms with Gasteiger partial charge in [0, 0.05) is 22.7 Å². The molecule has 4 rings (SSSR count). The number of benzene rings is 3. The van der Waals surface area contributed by atoms with Gasteiger partial charge in [0.25, 0.3) is 5.56 Å². The first kappa shape index (κ1) is 22.1. The summed E-state index contributed by atoms with van der Waals surface area (Å²) in [4.78, 5) is 25.8. The lowest BCUT2D eigenvalue weighted by atomic mass is 10.1. The molecule has 8 heteroatoms. The zero-order valence-corrected chi connectivity index (χ0v) is 17.2. The van der Waals surface area contributed by atoms with Crippen LogP contribution in [0.15, 0.2) is 89.9 Å². The normalized spacial score (nSPS) is 11.4. The Hall–Kier alpha value is -4.07. The summed E-state index contributed by atoms with van der Waals surface area (Å²) in [7, 11) is 0. The van der Waals surface area contributed by atoms with E-state index in [1.807, 2.05) is 18.2 Å². The highest BCUT2D eigenvalue weighted by Gasteiger charge is 2.30. The Balaban J connectivity index is 1.65. The fourth-order valence-corrected chi connectivity index (χ4v) is 3.37. The summed E-state index contributed by atoms with van der Waals surface area (Å²) >= 11 is 0. The number of hydrogen-bond acceptors (Lipinski definition) is 4. The summed E-state index contributed by atoms with van der Waals surface area (Å²) in [6.07, 6.45) is -3.36. The first-order chi connectivity index (χ1) is 15.8. The fraction of sp³-hybridized carbons (Fsp3) is 0.120. The molecular formula is C25H18F3NO4. The van der Waals surface area contributed by atoms with E-state index < -0.39 is 23.3 Å². The molecule has 0 saturated heterocycles. The second-order valence-electron chi connectivity index (χ2n) is 7.11. The smallest absolute Gasteiger partial charge is 0.416 e. The van der Waals surface area contributed by atoms with Gasteiger partial charge in [0.05, 0.1) is 11.1 Å². The van der Waals surface area contributed by atoms with E-state index in [0.29, 0.717) is 11.1 Å². The van der Waals surface area contributed by atoms with Gasteiger partial charge in [-0.2, -0.15) is 13.2 Å². The summed E-state index contributed by atoms with van der Waals surface area (Å²) in [5, 5.41) is 0.532. The molecule has 33 heavy (non-hydrogen) atoms. The molecule has 4 aromatic rings. The number of halogens is 3. The van der Waals surface area contributed by atoms with Crippen LogP contribution in [0.4, 0.5) is 13.2 Å². The Morgan fingerprint density at radius 2 is 1.55 bits per heavy atom. The lowest BCUT2D eigenvalue weighted by molar-refractivity contribution is -0.137. The molecule has 1 heterocycles. The number of nitrogens with zero attached hydrogens (tertiary/aromatic N) is 1. The van der Waals surface area contributed by atoms with Gasteiger partial charge in [0.15, 0.2) is 0 Å². The van der Waals surface area contributed by atoms with Crippen LogP contribution in [0.3, 0.4) is 0 Å². The number of fused-ring (bicyclic) bond motifs is 1. The number of aromatic nitrogens is 1. The van der Waals surface area contributed by atoms with Crippen LogP contribution in [0.1, 0.15) is 15.9 Å². The molecule has 0 aliphatic heterocycles. The highest BCUT2D eigenvalue weighted by molar-refractivity contribution is 6.04. The summed E-state index contributed by atoms with van der Waals surface area (Å²) in [6.45, 7) is 0.0612. The first-order valence-electron chi connectivity index (χ1n) is 10.0. The number of rotatable bonds is 6. The van der Waals surface area contributed by atoms with Crippen LogP contribution < -0.4 is 10.3 Å². The number of para-hydroxylation sites is 1. The van der Waals surface area contributed by atoms with Crippen LogP contribution in [0, 0.1) is 0 Å². The lowest BCUT2D eigenvalue weighted by Gasteiger charge is -2.14. The van der Waals surface area contributed by atoms with Crippen molar-refractivity contribution in [1.82, 2.24) is 4.57 Å². The topological polar surface area (TPSA) is 57.5 Å². The minimum absolute atomic E-state index is 0.0120. The Labute approximate surface area is 186 Å². The summed E-state index contributed by atoms with van der Waals surface area (Å²) in [5.74, 6) is -0.0966. The maximum Gasteiger partial charge on any atom is 0.416 e. The van der Waals surface area contributed by atoms with Gasteiger partial charge < -0.3 is 9.47 Å². The zero-order valence-electron chi connectivity index (χ0n) is 17.2. The third-order valence-corrected chi connectivity index (χ3v) is 4.92. The average Bonchev–Trinajstić information content (AvgIpc) is 2.82. The molecule has 0 unspecified atom stereocenters. The van der Waals surface area contributed by atoms with Crippen molar-refractivity contribution in [3.63, 3.8) is 0 Å². The predicted molar refractivity (Wildman–Crippen MR) is 117 cm³/mol. The van der Waals surface area contributed by atoms with Gasteiger partial charge >= 0.3 is 12.1 Å². The largest absolute Gasteiger partial charge is 0.490 e. The molecule has 0 aliphatic rings. The second kappa shape index (κ2) is 9.20. The zero-order chi connectivity index (χ0) is 23.4. The average molecular weight is 453 g/mol. The maximum atomic E-state index is 13.2. The molecule has 0 atom stereocenters. The van der Waals surface area contributed by atoms with Crippen LogP contribution >= 0.6 is 0 Å². The Kier molecular flexibility index (Phi) is 6.17. The Bertz CT molecular complexity index is 1350. The van der Waals surface area contributed by atoms with E-state index in [4.69, 9.17) is 9.47 Å². The molecule has 0 saturated carbocycles. The van der Waals surface area contributed by atoms with Crippen molar-refractivity contribution >= 4 is 16.7 Å². The van der Waals surface area contributed by atoms with Crippen molar-refractivity contribution < 1.29 is 27.4 Å². The minimum Gasteiger partial charge on any atom is -0.490 e. The number of carbonyl (C=O) groups is 1. The molecule has 0 N–H and O–H groups in total. The molecule has 5 nitrogen and oxygen atoms in total. The van der Waals surface area contributed by atoms with E-state index >= 15 is 0 Å². The quantitative estimate of drug-likeness (QED) is 0.296. The van der Waals surface area contributed by atoms with Crippen LogP contribution in [0.5, 0.6) is 5.75 Å². The molecule has 0 amide bonds. The third kappa shape index (κ3) is 4.90. The molecule has 0 fully saturated rings. The molecule has 0 aliphatic carbocycles. The van der Waals surface area contributed by atoms with Crippen LogP contribution in [-0.4, -0.2) is 23.8 Å². The minimum atomic E-state index is -4.57. The number of ether oxygens (including phenoxy) is 2. The monoisotopic (exact) mass is 453 g/mol. The number of carbonyl (C=O) groups excluding carboxylic acids is 1. The van der Waals surface area contributed by atoms with Crippen LogP contribution in [-0.2, 0) is 10.9 Å². The van der Waals surface area contributed by atoms with Gasteiger partial charge in [-0.1, -0.05) is 42.5 Å². The molecule has 168 valence electrons. The molecule has 0 spiro atoms. The van der Waals surface area contributed by atoms with Gasteiger partial charge in [-0.3, -0.25) is 9.36 Å². The van der Waals surface area contributed by atoms with Crippen molar-refractivity contribution in [2.45, 2.75) is 6.18 Å². The maximum absolute atomic E-state index is 13.2. The van der Waals surface area contributed by atoms with Crippen molar-refractivity contribution in [3.05, 3.63) is 107 Å². The van der Waals surface area contributed by atoms with Crippen molar-refractivity contribution in [1.29, 1.82) is 0 Å². The van der Waals surface area contributed by atoms with E-state index in [2.05, 4.69) is 0 Å². The number of esters is 1. The third-order valence-electron chi connectivity index (χ3n) is 4.92. The molecule has 3 aromatic carbocycles. The molecule has 0 bridgehead atoms. The van der Waals surface area contributed by atoms with E-state index in [0.717, 1.165) is 16.7 Å². The molecule has 1 aromatic heterocycles. The van der Waals surface area contributed by atoms with E-state index in [1.54, 1.807) is 30.3 Å². The number of pyridine rings is 1. The molecular weight excluding hydrogens is 435 g/mol. The van der Waals surface area contributed by atoms with Crippen molar-refractivity contribution in [3.8, 4) is 11.4 Å². The Morgan fingerprint density at radius 3 is 2.27 bits per heavy atom. The number of alkyl halides is 3. The van der Waals surface area contributed by atoms with Gasteiger partial charge in [-0.05, 0) is 36.4 Å². The van der Waals surface area contributed by atoms with Crippen molar-refractivity contribution in [2.75, 3.05) is 13.2 Å². The highest BCUT2D eigenvalue weighted by Crippen LogP contribution is 2.30. The van der Waals surface area contributed by atoms with Gasteiger partial charge in [0.1, 0.15) is 19.0 Å². The predicted octanol–water partition coefficient (Wildman–Crippen LogP) is 5.25. The Morgan fingerprint density at radius 1 is 0.848 bits per heavy atom. The lowest BCUT2D eigenvalue weighted by Crippen LogP contribution is -2.22. The summed E-state index contributed by atoms with van der Waals surface area (Å²) in [6, 6.07) is 19.7. The van der Waals surface area contributed by atoms with Gasteiger partial charge in [-0.25, -0.2) is 4.79 Å². The van der Waals surface area contributed by atoms with Gasteiger partial charge in [0.2, 0.25) is 0 Å². The first-order valence-corrected chi connectivity index (χ1v) is 10.0. The fourth-order valence-electron chi connectivity index (χ4n) is 3.37. The van der Waals surface area contributed by atoms with Crippen molar-refractivity contribution in [2.24, 2.45) is 0 Å². The van der Waals surface area contributed by atoms with Crippen LogP contribution in [0.2, 0.25) is 0 Å². The summed E-state index contributed by atoms with van der Waals surface area (Å²) in [5.41, 5.74) is -1.40. The summed E-state index contributed by atoms with van der Waals surface area (Å²) < 4.78 is 51.3.